The van der Waals surface area contributed by atoms with Crippen LogP contribution in [0, 0.1) is 5.41 Å². The largest absolute Gasteiger partial charge is 0.445 e. The van der Waals surface area contributed by atoms with Crippen LogP contribution in [0.5, 0.6) is 0 Å². The molecule has 0 bridgehead atoms. The monoisotopic (exact) mass is 373 g/mol. The molecule has 0 aliphatic rings. The first-order valence-electron chi connectivity index (χ1n) is 5.16. The van der Waals surface area contributed by atoms with Gasteiger partial charge in [-0.05, 0) is 0 Å². The number of hydrogen-bond donors (Lipinski definition) is 1. The van der Waals surface area contributed by atoms with Gasteiger partial charge in [-0.3, -0.25) is 10.1 Å². The number of nitrogens with zero attached hydrogens (tertiary/aromatic N) is 2. The molecule has 0 unspecified atom stereocenters. The molecule has 14 heteroatoms. The van der Waals surface area contributed by atoms with Crippen LogP contribution in [-0.4, -0.2) is 28.5 Å². The number of halogens is 9. The van der Waals surface area contributed by atoms with E-state index in [1.54, 1.807) is 0 Å². The standard InChI is InChI=1S/C9H4F9N3OS/c1-2-6(8(13,14)15,9(16,17)18)3(22)19-5-21-20-4(23-5)7(10,11)12/h2H,1H2,(H,19,21,22). The normalized spacial score (nSPS) is 13.8. The maximum atomic E-state index is 12.8. The number of carbonyl (C=O) groups is 1. The molecule has 1 aromatic heterocycles. The van der Waals surface area contributed by atoms with E-state index in [2.05, 4.69) is 16.8 Å². The van der Waals surface area contributed by atoms with E-state index in [9.17, 15) is 44.3 Å². The Bertz CT molecular complexity index is 587. The second kappa shape index (κ2) is 5.65. The summed E-state index contributed by atoms with van der Waals surface area (Å²) in [6.07, 6.45) is -18.0. The molecule has 1 N–H and O–H groups in total. The molecule has 1 aromatic rings. The molecule has 0 aliphatic heterocycles. The summed E-state index contributed by atoms with van der Waals surface area (Å²) in [7, 11) is 0. The zero-order valence-electron chi connectivity index (χ0n) is 10.4. The topological polar surface area (TPSA) is 54.9 Å². The van der Waals surface area contributed by atoms with Gasteiger partial charge in [0, 0.05) is 0 Å². The third kappa shape index (κ3) is 3.40. The molecule has 130 valence electrons. The number of rotatable bonds is 3. The van der Waals surface area contributed by atoms with Crippen LogP contribution in [0.1, 0.15) is 5.01 Å². The Morgan fingerprint density at radius 3 is 1.78 bits per heavy atom. The highest BCUT2D eigenvalue weighted by Crippen LogP contribution is 2.52. The Morgan fingerprint density at radius 1 is 1.00 bits per heavy atom. The van der Waals surface area contributed by atoms with Gasteiger partial charge < -0.3 is 0 Å². The highest BCUT2D eigenvalue weighted by molar-refractivity contribution is 7.15. The predicted molar refractivity (Wildman–Crippen MR) is 58.3 cm³/mol. The van der Waals surface area contributed by atoms with Crippen LogP contribution >= 0.6 is 11.3 Å². The molecular weight excluding hydrogens is 369 g/mol. The Labute approximate surface area is 125 Å². The molecule has 0 fully saturated rings. The molecule has 4 nitrogen and oxygen atoms in total. The van der Waals surface area contributed by atoms with E-state index in [4.69, 9.17) is 0 Å². The second-order valence-corrected chi connectivity index (χ2v) is 4.85. The summed E-state index contributed by atoms with van der Waals surface area (Å²) in [5.74, 6) is -2.70. The molecule has 0 aliphatic carbocycles. The van der Waals surface area contributed by atoms with Crippen molar-refractivity contribution in [1.29, 1.82) is 0 Å². The number of anilines is 1. The lowest BCUT2D eigenvalue weighted by atomic mass is 9.85. The lowest BCUT2D eigenvalue weighted by Crippen LogP contribution is -2.56. The van der Waals surface area contributed by atoms with Gasteiger partial charge in [-0.2, -0.15) is 39.5 Å². The van der Waals surface area contributed by atoms with E-state index < -0.39 is 57.4 Å². The highest BCUT2D eigenvalue weighted by atomic mass is 32.1. The Morgan fingerprint density at radius 2 is 1.48 bits per heavy atom. The van der Waals surface area contributed by atoms with Crippen LogP contribution in [0.2, 0.25) is 0 Å². The van der Waals surface area contributed by atoms with Crippen molar-refractivity contribution >= 4 is 22.4 Å². The Kier molecular flexibility index (Phi) is 4.71. The predicted octanol–water partition coefficient (Wildman–Crippen LogP) is 3.79. The van der Waals surface area contributed by atoms with Crippen molar-refractivity contribution in [3.63, 3.8) is 0 Å². The third-order valence-corrected chi connectivity index (χ3v) is 3.33. The lowest BCUT2D eigenvalue weighted by Gasteiger charge is -2.32. The third-order valence-electron chi connectivity index (χ3n) is 2.45. The number of carbonyl (C=O) groups excluding carboxylic acids is 1. The van der Waals surface area contributed by atoms with Gasteiger partial charge in [-0.15, -0.1) is 16.8 Å². The van der Waals surface area contributed by atoms with Gasteiger partial charge >= 0.3 is 18.5 Å². The van der Waals surface area contributed by atoms with Crippen LogP contribution in [0.4, 0.5) is 44.6 Å². The summed E-state index contributed by atoms with van der Waals surface area (Å²) in [6.45, 7) is 2.36. The van der Waals surface area contributed by atoms with Crippen molar-refractivity contribution in [2.45, 2.75) is 18.5 Å². The fourth-order valence-electron chi connectivity index (χ4n) is 1.33. The first-order chi connectivity index (χ1) is 10.2. The molecular formula is C9H4F9N3OS. The van der Waals surface area contributed by atoms with Crippen LogP contribution < -0.4 is 5.32 Å². The smallest absolute Gasteiger partial charge is 0.299 e. The molecule has 1 heterocycles. The van der Waals surface area contributed by atoms with Crippen molar-refractivity contribution in [1.82, 2.24) is 10.2 Å². The van der Waals surface area contributed by atoms with Gasteiger partial charge in [-0.1, -0.05) is 17.4 Å². The van der Waals surface area contributed by atoms with E-state index in [1.165, 1.54) is 0 Å². The van der Waals surface area contributed by atoms with Crippen molar-refractivity contribution in [3.8, 4) is 0 Å². The van der Waals surface area contributed by atoms with Crippen molar-refractivity contribution in [2.24, 2.45) is 5.41 Å². The Balaban J connectivity index is 3.23. The second-order valence-electron chi connectivity index (χ2n) is 3.87. The molecule has 0 atom stereocenters. The molecule has 0 radical (unpaired) electrons. The van der Waals surface area contributed by atoms with E-state index >= 15 is 0 Å². The van der Waals surface area contributed by atoms with Crippen molar-refractivity contribution in [2.75, 3.05) is 5.32 Å². The highest BCUT2D eigenvalue weighted by Gasteiger charge is 2.74. The van der Waals surface area contributed by atoms with Gasteiger partial charge in [-0.25, -0.2) is 0 Å². The van der Waals surface area contributed by atoms with E-state index in [0.29, 0.717) is 0 Å². The first-order valence-corrected chi connectivity index (χ1v) is 5.97. The fourth-order valence-corrected chi connectivity index (χ4v) is 1.93. The zero-order valence-corrected chi connectivity index (χ0v) is 11.2. The summed E-state index contributed by atoms with van der Waals surface area (Å²) in [4.78, 5) is 11.5. The van der Waals surface area contributed by atoms with Crippen LogP contribution in [-0.2, 0) is 11.0 Å². The van der Waals surface area contributed by atoms with Crippen LogP contribution in [0.3, 0.4) is 0 Å². The van der Waals surface area contributed by atoms with Crippen LogP contribution in [0.25, 0.3) is 0 Å². The minimum atomic E-state index is -6.13. The molecule has 1 rings (SSSR count). The summed E-state index contributed by atoms with van der Waals surface area (Å²) in [5, 5.41) is 3.39. The van der Waals surface area contributed by atoms with Gasteiger partial charge in [0.1, 0.15) is 0 Å². The van der Waals surface area contributed by atoms with E-state index in [0.717, 1.165) is 5.32 Å². The summed E-state index contributed by atoms with van der Waals surface area (Å²) in [6, 6.07) is 0. The van der Waals surface area contributed by atoms with Crippen molar-refractivity contribution < 1.29 is 44.3 Å². The van der Waals surface area contributed by atoms with Gasteiger partial charge in [0.2, 0.25) is 10.1 Å². The maximum Gasteiger partial charge on any atom is 0.445 e. The lowest BCUT2D eigenvalue weighted by molar-refractivity contribution is -0.305. The molecule has 1 amide bonds. The molecule has 0 aromatic carbocycles. The average Bonchev–Trinajstić information content (AvgIpc) is 2.74. The van der Waals surface area contributed by atoms with E-state index in [1.807, 2.05) is 0 Å². The fraction of sp³-hybridized carbons (Fsp3) is 0.444. The van der Waals surface area contributed by atoms with Gasteiger partial charge in [0.05, 0.1) is 0 Å². The zero-order chi connectivity index (χ0) is 18.3. The molecule has 0 saturated heterocycles. The summed E-state index contributed by atoms with van der Waals surface area (Å²) < 4.78 is 113. The first kappa shape index (κ1) is 19.2. The number of amides is 1. The number of aromatic nitrogens is 2. The molecule has 23 heavy (non-hydrogen) atoms. The molecule has 0 saturated carbocycles. The van der Waals surface area contributed by atoms with Gasteiger partial charge in [0.15, 0.2) is 0 Å². The minimum Gasteiger partial charge on any atom is -0.299 e. The minimum absolute atomic E-state index is 0.432. The quantitative estimate of drug-likeness (QED) is 0.648. The maximum absolute atomic E-state index is 12.8. The number of nitrogens with one attached hydrogen (secondary N) is 1. The van der Waals surface area contributed by atoms with Crippen molar-refractivity contribution in [3.05, 3.63) is 17.7 Å². The number of alkyl halides is 9. The SMILES string of the molecule is C=CC(C(=O)Nc1nnc(C(F)(F)F)s1)(C(F)(F)F)C(F)(F)F. The number of hydrogen-bond acceptors (Lipinski definition) is 4. The average molecular weight is 373 g/mol. The molecule has 0 spiro atoms. The summed E-state index contributed by atoms with van der Waals surface area (Å²) >= 11 is -0.432. The van der Waals surface area contributed by atoms with Crippen LogP contribution in [0.15, 0.2) is 12.7 Å². The van der Waals surface area contributed by atoms with E-state index in [-0.39, 0.29) is 0 Å². The van der Waals surface area contributed by atoms with Gasteiger partial charge in [0.25, 0.3) is 11.3 Å². The summed E-state index contributed by atoms with van der Waals surface area (Å²) in [5.41, 5.74) is -5.01. The Hall–Kier alpha value is -1.86.